The third-order valence-electron chi connectivity index (χ3n) is 3.02. The van der Waals surface area contributed by atoms with Crippen LogP contribution in [0.15, 0.2) is 18.2 Å². The van der Waals surface area contributed by atoms with Crippen LogP contribution < -0.4 is 10.6 Å². The molecule has 0 bridgehead atoms. The van der Waals surface area contributed by atoms with Crippen molar-refractivity contribution >= 4 is 34.5 Å². The van der Waals surface area contributed by atoms with Gasteiger partial charge in [-0.15, -0.1) is 0 Å². The summed E-state index contributed by atoms with van der Waals surface area (Å²) in [4.78, 5) is 2.42. The van der Waals surface area contributed by atoms with Gasteiger partial charge in [0.05, 0.1) is 5.60 Å². The Morgan fingerprint density at radius 1 is 1.59 bits per heavy atom. The van der Waals surface area contributed by atoms with Crippen LogP contribution in [-0.4, -0.2) is 28.8 Å². The molecule has 0 amide bonds. The van der Waals surface area contributed by atoms with Crippen LogP contribution in [-0.2, 0) is 0 Å². The van der Waals surface area contributed by atoms with Crippen LogP contribution in [0.2, 0.25) is 5.02 Å². The molecule has 3 nitrogen and oxygen atoms in total. The van der Waals surface area contributed by atoms with E-state index in [2.05, 4.69) is 4.90 Å². The number of hydrogen-bond donors (Lipinski definition) is 2. The minimum absolute atomic E-state index is 0.328. The highest BCUT2D eigenvalue weighted by molar-refractivity contribution is 7.80. The smallest absolute Gasteiger partial charge is 0.106 e. The Bertz CT molecular complexity index is 462. The fourth-order valence-electron chi connectivity index (χ4n) is 2.13. The van der Waals surface area contributed by atoms with Gasteiger partial charge in [0.1, 0.15) is 4.99 Å². The van der Waals surface area contributed by atoms with Crippen LogP contribution in [0, 0.1) is 0 Å². The third kappa shape index (κ3) is 2.70. The molecule has 0 aromatic heterocycles. The monoisotopic (exact) mass is 270 g/mol. The van der Waals surface area contributed by atoms with Crippen molar-refractivity contribution in [3.8, 4) is 0 Å². The number of anilines is 1. The maximum Gasteiger partial charge on any atom is 0.106 e. The van der Waals surface area contributed by atoms with Crippen molar-refractivity contribution in [3.63, 3.8) is 0 Å². The lowest BCUT2D eigenvalue weighted by Crippen LogP contribution is -2.30. The molecule has 1 saturated heterocycles. The predicted octanol–water partition coefficient (Wildman–Crippen LogP) is 1.94. The molecule has 1 aromatic carbocycles. The Morgan fingerprint density at radius 2 is 2.29 bits per heavy atom. The molecule has 1 unspecified atom stereocenters. The highest BCUT2D eigenvalue weighted by Crippen LogP contribution is 2.30. The number of nitrogens with two attached hydrogens (primary N) is 1. The molecular formula is C12H15ClN2OS. The Hall–Kier alpha value is -0.840. The van der Waals surface area contributed by atoms with Crippen molar-refractivity contribution in [1.82, 2.24) is 0 Å². The zero-order chi connectivity index (χ0) is 12.6. The highest BCUT2D eigenvalue weighted by Gasteiger charge is 2.32. The predicted molar refractivity (Wildman–Crippen MR) is 74.8 cm³/mol. The molecule has 0 saturated carbocycles. The molecule has 1 aliphatic rings. The summed E-state index contributed by atoms with van der Waals surface area (Å²) >= 11 is 11.0. The third-order valence-corrected chi connectivity index (χ3v) is 3.47. The van der Waals surface area contributed by atoms with E-state index in [1.165, 1.54) is 0 Å². The van der Waals surface area contributed by atoms with Gasteiger partial charge in [-0.05, 0) is 31.5 Å². The van der Waals surface area contributed by atoms with Gasteiger partial charge in [0.2, 0.25) is 0 Å². The molecule has 5 heteroatoms. The van der Waals surface area contributed by atoms with E-state index in [0.717, 1.165) is 24.2 Å². The Balaban J connectivity index is 2.36. The number of nitrogens with zero attached hydrogens (tertiary/aromatic N) is 1. The van der Waals surface area contributed by atoms with E-state index in [0.29, 0.717) is 16.6 Å². The summed E-state index contributed by atoms with van der Waals surface area (Å²) < 4.78 is 0. The van der Waals surface area contributed by atoms with Crippen molar-refractivity contribution < 1.29 is 5.11 Å². The van der Waals surface area contributed by atoms with Crippen molar-refractivity contribution in [2.45, 2.75) is 18.9 Å². The van der Waals surface area contributed by atoms with Crippen molar-refractivity contribution in [1.29, 1.82) is 0 Å². The molecule has 1 heterocycles. The van der Waals surface area contributed by atoms with Crippen LogP contribution in [0.5, 0.6) is 0 Å². The Labute approximate surface area is 111 Å². The summed E-state index contributed by atoms with van der Waals surface area (Å²) in [5.41, 5.74) is 6.77. The van der Waals surface area contributed by atoms with E-state index >= 15 is 0 Å². The molecule has 0 aliphatic carbocycles. The first-order chi connectivity index (χ1) is 7.89. The summed E-state index contributed by atoms with van der Waals surface area (Å²) in [6.45, 7) is 3.22. The lowest BCUT2D eigenvalue weighted by molar-refractivity contribution is 0.0839. The second-order valence-electron chi connectivity index (χ2n) is 4.69. The van der Waals surface area contributed by atoms with Gasteiger partial charge in [0, 0.05) is 29.4 Å². The first kappa shape index (κ1) is 12.6. The van der Waals surface area contributed by atoms with E-state index in [4.69, 9.17) is 29.6 Å². The minimum atomic E-state index is -0.646. The lowest BCUT2D eigenvalue weighted by atomic mass is 10.1. The van der Waals surface area contributed by atoms with Crippen LogP contribution in [0.25, 0.3) is 0 Å². The number of β-amino-alcohol motifs (C(OH)–C–C–N with tert-alkyl or cyclic N) is 1. The fourth-order valence-corrected chi connectivity index (χ4v) is 2.47. The zero-order valence-electron chi connectivity index (χ0n) is 9.61. The fraction of sp³-hybridized carbons (Fsp3) is 0.417. The summed E-state index contributed by atoms with van der Waals surface area (Å²) in [6, 6.07) is 5.48. The number of hydrogen-bond acceptors (Lipinski definition) is 3. The number of benzene rings is 1. The molecular weight excluding hydrogens is 256 g/mol. The van der Waals surface area contributed by atoms with Gasteiger partial charge in [-0.2, -0.15) is 0 Å². The highest BCUT2D eigenvalue weighted by atomic mass is 35.5. The van der Waals surface area contributed by atoms with Crippen LogP contribution in [0.1, 0.15) is 18.9 Å². The normalized spacial score (nSPS) is 24.1. The van der Waals surface area contributed by atoms with Crippen LogP contribution in [0.3, 0.4) is 0 Å². The standard InChI is InChI=1S/C12H15ClN2OS/c1-12(16)4-5-15(7-12)10-3-2-8(13)6-9(10)11(14)17/h2-3,6,16H,4-5,7H2,1H3,(H2,14,17). The summed E-state index contributed by atoms with van der Waals surface area (Å²) in [6.07, 6.45) is 0.742. The first-order valence-electron chi connectivity index (χ1n) is 5.46. The molecule has 1 atom stereocenters. The van der Waals surface area contributed by atoms with E-state index in [1.807, 2.05) is 19.1 Å². The van der Waals surface area contributed by atoms with Crippen molar-refractivity contribution in [2.75, 3.05) is 18.0 Å². The zero-order valence-corrected chi connectivity index (χ0v) is 11.2. The molecule has 3 N–H and O–H groups in total. The van der Waals surface area contributed by atoms with Gasteiger partial charge in [0.15, 0.2) is 0 Å². The molecule has 1 aliphatic heterocycles. The Morgan fingerprint density at radius 3 is 2.82 bits per heavy atom. The summed E-state index contributed by atoms with van der Waals surface area (Å²) in [7, 11) is 0. The number of thiocarbonyl (C=S) groups is 1. The quantitative estimate of drug-likeness (QED) is 0.807. The van der Waals surface area contributed by atoms with Gasteiger partial charge in [-0.3, -0.25) is 0 Å². The van der Waals surface area contributed by atoms with Crippen LogP contribution in [0.4, 0.5) is 5.69 Å². The Kier molecular flexibility index (Phi) is 3.30. The second-order valence-corrected chi connectivity index (χ2v) is 5.57. The maximum absolute atomic E-state index is 9.98. The van der Waals surface area contributed by atoms with E-state index in [9.17, 15) is 5.11 Å². The molecule has 2 rings (SSSR count). The average Bonchev–Trinajstić information content (AvgIpc) is 2.58. The van der Waals surface area contributed by atoms with Gasteiger partial charge in [-0.1, -0.05) is 23.8 Å². The maximum atomic E-state index is 9.98. The van der Waals surface area contributed by atoms with Gasteiger partial charge in [-0.25, -0.2) is 0 Å². The molecule has 17 heavy (non-hydrogen) atoms. The number of halogens is 1. The van der Waals surface area contributed by atoms with Gasteiger partial charge in [0.25, 0.3) is 0 Å². The minimum Gasteiger partial charge on any atom is -0.389 e. The molecule has 1 aromatic rings. The molecule has 92 valence electrons. The largest absolute Gasteiger partial charge is 0.389 e. The number of rotatable bonds is 2. The van der Waals surface area contributed by atoms with E-state index in [-0.39, 0.29) is 0 Å². The van der Waals surface area contributed by atoms with Crippen LogP contribution >= 0.6 is 23.8 Å². The number of aliphatic hydroxyl groups is 1. The summed E-state index contributed by atoms with van der Waals surface area (Å²) in [5, 5.41) is 10.6. The van der Waals surface area contributed by atoms with Crippen molar-refractivity contribution in [2.24, 2.45) is 5.73 Å². The topological polar surface area (TPSA) is 49.5 Å². The molecule has 1 fully saturated rings. The average molecular weight is 271 g/mol. The van der Waals surface area contributed by atoms with Gasteiger partial charge < -0.3 is 15.7 Å². The molecule has 0 radical (unpaired) electrons. The van der Waals surface area contributed by atoms with E-state index < -0.39 is 5.60 Å². The lowest BCUT2D eigenvalue weighted by Gasteiger charge is -2.23. The SMILES string of the molecule is CC1(O)CCN(c2ccc(Cl)cc2C(N)=S)C1. The molecule has 0 spiro atoms. The van der Waals surface area contributed by atoms with E-state index in [1.54, 1.807) is 6.07 Å². The van der Waals surface area contributed by atoms with Crippen molar-refractivity contribution in [3.05, 3.63) is 28.8 Å². The summed E-state index contributed by atoms with van der Waals surface area (Å²) in [5.74, 6) is 0. The van der Waals surface area contributed by atoms with Gasteiger partial charge >= 0.3 is 0 Å². The first-order valence-corrected chi connectivity index (χ1v) is 6.24. The second kappa shape index (κ2) is 4.44.